The fourth-order valence-corrected chi connectivity index (χ4v) is 2.03. The number of halogens is 1. The van der Waals surface area contributed by atoms with Crippen LogP contribution in [0.1, 0.15) is 25.5 Å². The summed E-state index contributed by atoms with van der Waals surface area (Å²) in [5.74, 6) is 0.652. The van der Waals surface area contributed by atoms with Crippen LogP contribution in [0.25, 0.3) is 0 Å². The third-order valence-electron chi connectivity index (χ3n) is 2.89. The van der Waals surface area contributed by atoms with Gasteiger partial charge < -0.3 is 14.8 Å². The monoisotopic (exact) mass is 270 g/mol. The van der Waals surface area contributed by atoms with Gasteiger partial charge >= 0.3 is 0 Å². The predicted molar refractivity (Wildman–Crippen MR) is 71.1 cm³/mol. The summed E-state index contributed by atoms with van der Waals surface area (Å²) in [7, 11) is 0. The Morgan fingerprint density at radius 2 is 2.22 bits per heavy atom. The van der Waals surface area contributed by atoms with Crippen LogP contribution in [0.5, 0.6) is 5.88 Å². The summed E-state index contributed by atoms with van der Waals surface area (Å²) in [5.41, 5.74) is 0.836. The van der Waals surface area contributed by atoms with Crippen LogP contribution in [0.4, 0.5) is 0 Å². The van der Waals surface area contributed by atoms with Crippen LogP contribution in [0, 0.1) is 0 Å². The maximum atomic E-state index is 6.10. The molecule has 0 aromatic carbocycles. The molecule has 0 spiro atoms. The lowest BCUT2D eigenvalue weighted by atomic mass is 10.1. The van der Waals surface area contributed by atoms with Crippen molar-refractivity contribution in [2.45, 2.75) is 32.4 Å². The molecule has 18 heavy (non-hydrogen) atoms. The van der Waals surface area contributed by atoms with E-state index in [1.54, 1.807) is 0 Å². The molecule has 1 saturated heterocycles. The van der Waals surface area contributed by atoms with E-state index in [9.17, 15) is 0 Å². The van der Waals surface area contributed by atoms with Crippen molar-refractivity contribution in [3.8, 4) is 5.88 Å². The second-order valence-corrected chi connectivity index (χ2v) is 4.70. The van der Waals surface area contributed by atoms with Crippen LogP contribution in [0.15, 0.2) is 12.1 Å². The molecule has 1 fully saturated rings. The number of aromatic nitrogens is 1. The lowest BCUT2D eigenvalue weighted by Crippen LogP contribution is -2.26. The summed E-state index contributed by atoms with van der Waals surface area (Å²) in [5, 5.41) is 3.89. The first-order valence-corrected chi connectivity index (χ1v) is 6.78. The van der Waals surface area contributed by atoms with Gasteiger partial charge in [-0.2, -0.15) is 0 Å². The van der Waals surface area contributed by atoms with Crippen molar-refractivity contribution in [3.05, 3.63) is 22.8 Å². The normalized spacial score (nSPS) is 16.8. The molecule has 0 bridgehead atoms. The van der Waals surface area contributed by atoms with Crippen LogP contribution in [0.2, 0.25) is 5.02 Å². The van der Waals surface area contributed by atoms with E-state index in [1.165, 1.54) is 0 Å². The van der Waals surface area contributed by atoms with Gasteiger partial charge in [-0.3, -0.25) is 0 Å². The molecule has 1 aliphatic heterocycles. The quantitative estimate of drug-likeness (QED) is 0.892. The maximum Gasteiger partial charge on any atom is 0.213 e. The SMILES string of the molecule is CCNCc1nc(OC2CCOCC2)ccc1Cl. The predicted octanol–water partition coefficient (Wildman–Crippen LogP) is 2.40. The second-order valence-electron chi connectivity index (χ2n) is 4.29. The molecular weight excluding hydrogens is 252 g/mol. The van der Waals surface area contributed by atoms with Crippen molar-refractivity contribution in [1.29, 1.82) is 0 Å². The minimum absolute atomic E-state index is 0.208. The molecule has 0 amide bonds. The first-order valence-electron chi connectivity index (χ1n) is 6.40. The zero-order chi connectivity index (χ0) is 12.8. The Labute approximate surface area is 113 Å². The fraction of sp³-hybridized carbons (Fsp3) is 0.615. The summed E-state index contributed by atoms with van der Waals surface area (Å²) in [6, 6.07) is 3.67. The molecule has 1 N–H and O–H groups in total. The first kappa shape index (κ1) is 13.6. The van der Waals surface area contributed by atoms with E-state index in [1.807, 2.05) is 12.1 Å². The fourth-order valence-electron chi connectivity index (χ4n) is 1.86. The number of hydrogen-bond acceptors (Lipinski definition) is 4. The minimum Gasteiger partial charge on any atom is -0.474 e. The Bertz CT molecular complexity index is 381. The van der Waals surface area contributed by atoms with Crippen LogP contribution in [-0.2, 0) is 11.3 Å². The summed E-state index contributed by atoms with van der Waals surface area (Å²) < 4.78 is 11.2. The van der Waals surface area contributed by atoms with Gasteiger partial charge in [0.25, 0.3) is 0 Å². The van der Waals surface area contributed by atoms with Crippen molar-refractivity contribution in [2.75, 3.05) is 19.8 Å². The highest BCUT2D eigenvalue weighted by molar-refractivity contribution is 6.31. The average molecular weight is 271 g/mol. The van der Waals surface area contributed by atoms with Gasteiger partial charge in [-0.05, 0) is 12.6 Å². The van der Waals surface area contributed by atoms with E-state index in [0.717, 1.165) is 38.3 Å². The van der Waals surface area contributed by atoms with E-state index in [-0.39, 0.29) is 6.10 Å². The Morgan fingerprint density at radius 1 is 1.44 bits per heavy atom. The van der Waals surface area contributed by atoms with E-state index in [2.05, 4.69) is 17.2 Å². The number of ether oxygens (including phenoxy) is 2. The van der Waals surface area contributed by atoms with Gasteiger partial charge in [0.15, 0.2) is 0 Å². The van der Waals surface area contributed by atoms with Crippen molar-refractivity contribution in [2.24, 2.45) is 0 Å². The van der Waals surface area contributed by atoms with E-state index < -0.39 is 0 Å². The topological polar surface area (TPSA) is 43.4 Å². The molecule has 4 nitrogen and oxygen atoms in total. The van der Waals surface area contributed by atoms with Gasteiger partial charge in [-0.1, -0.05) is 18.5 Å². The number of nitrogens with one attached hydrogen (secondary N) is 1. The lowest BCUT2D eigenvalue weighted by molar-refractivity contribution is 0.0236. The van der Waals surface area contributed by atoms with Crippen molar-refractivity contribution in [1.82, 2.24) is 10.3 Å². The molecular formula is C13H19ClN2O2. The minimum atomic E-state index is 0.208. The molecule has 2 heterocycles. The average Bonchev–Trinajstić information content (AvgIpc) is 2.40. The van der Waals surface area contributed by atoms with Crippen molar-refractivity contribution >= 4 is 11.6 Å². The molecule has 1 aromatic rings. The largest absolute Gasteiger partial charge is 0.474 e. The number of rotatable bonds is 5. The van der Waals surface area contributed by atoms with Crippen LogP contribution in [0.3, 0.4) is 0 Å². The van der Waals surface area contributed by atoms with Gasteiger partial charge in [-0.25, -0.2) is 4.98 Å². The van der Waals surface area contributed by atoms with Gasteiger partial charge in [0.2, 0.25) is 5.88 Å². The summed E-state index contributed by atoms with van der Waals surface area (Å²) in [6.45, 7) is 5.14. The molecule has 100 valence electrons. The third-order valence-corrected chi connectivity index (χ3v) is 3.24. The highest BCUT2D eigenvalue weighted by atomic mass is 35.5. The highest BCUT2D eigenvalue weighted by Crippen LogP contribution is 2.21. The molecule has 0 saturated carbocycles. The molecule has 0 aliphatic carbocycles. The standard InChI is InChI=1S/C13H19ClN2O2/c1-2-15-9-12-11(14)3-4-13(16-12)18-10-5-7-17-8-6-10/h3-4,10,15H,2,5-9H2,1H3. The number of nitrogens with zero attached hydrogens (tertiary/aromatic N) is 1. The first-order chi connectivity index (χ1) is 8.79. The van der Waals surface area contributed by atoms with E-state index >= 15 is 0 Å². The summed E-state index contributed by atoms with van der Waals surface area (Å²) in [4.78, 5) is 4.45. The molecule has 0 atom stereocenters. The summed E-state index contributed by atoms with van der Waals surface area (Å²) >= 11 is 6.10. The van der Waals surface area contributed by atoms with Gasteiger partial charge in [-0.15, -0.1) is 0 Å². The smallest absolute Gasteiger partial charge is 0.213 e. The molecule has 0 radical (unpaired) electrons. The van der Waals surface area contributed by atoms with Gasteiger partial charge in [0.05, 0.1) is 23.9 Å². The molecule has 1 aliphatic rings. The van der Waals surface area contributed by atoms with Crippen molar-refractivity contribution in [3.63, 3.8) is 0 Å². The van der Waals surface area contributed by atoms with E-state index in [0.29, 0.717) is 17.4 Å². The number of pyridine rings is 1. The maximum absolute atomic E-state index is 6.10. The Kier molecular flexibility index (Phi) is 5.23. The molecule has 0 unspecified atom stereocenters. The third kappa shape index (κ3) is 3.83. The van der Waals surface area contributed by atoms with Gasteiger partial charge in [0.1, 0.15) is 6.10 Å². The second kappa shape index (κ2) is 6.92. The Balaban J connectivity index is 1.99. The van der Waals surface area contributed by atoms with E-state index in [4.69, 9.17) is 21.1 Å². The Hall–Kier alpha value is -0.840. The van der Waals surface area contributed by atoms with Gasteiger partial charge in [0, 0.05) is 25.5 Å². The summed E-state index contributed by atoms with van der Waals surface area (Å²) in [6.07, 6.45) is 2.05. The highest BCUT2D eigenvalue weighted by Gasteiger charge is 2.16. The molecule has 1 aromatic heterocycles. The Morgan fingerprint density at radius 3 is 2.94 bits per heavy atom. The zero-order valence-corrected chi connectivity index (χ0v) is 11.4. The number of hydrogen-bond donors (Lipinski definition) is 1. The van der Waals surface area contributed by atoms with Crippen LogP contribution >= 0.6 is 11.6 Å². The zero-order valence-electron chi connectivity index (χ0n) is 10.6. The molecule has 5 heteroatoms. The van der Waals surface area contributed by atoms with Crippen LogP contribution < -0.4 is 10.1 Å². The molecule has 2 rings (SSSR count). The van der Waals surface area contributed by atoms with Crippen molar-refractivity contribution < 1.29 is 9.47 Å². The van der Waals surface area contributed by atoms with Crippen LogP contribution in [-0.4, -0.2) is 30.8 Å². The lowest BCUT2D eigenvalue weighted by Gasteiger charge is -2.23.